The Kier molecular flexibility index (Phi) is 3.11. The minimum absolute atomic E-state index is 0.0286. The number of rotatable bonds is 2. The SMILES string of the molecule is CC(=O)c1csc(N2CC(C)Cc3ccccc32)n1. The van der Waals surface area contributed by atoms with E-state index in [0.29, 0.717) is 11.6 Å². The maximum Gasteiger partial charge on any atom is 0.190 e. The molecular weight excluding hydrogens is 256 g/mol. The lowest BCUT2D eigenvalue weighted by molar-refractivity contribution is 0.101. The molecule has 0 fully saturated rings. The number of anilines is 2. The topological polar surface area (TPSA) is 33.2 Å². The Bertz CT molecular complexity index is 620. The smallest absolute Gasteiger partial charge is 0.190 e. The van der Waals surface area contributed by atoms with Gasteiger partial charge >= 0.3 is 0 Å². The normalized spacial score (nSPS) is 18.2. The Labute approximate surface area is 116 Å². The maximum atomic E-state index is 11.4. The molecule has 4 heteroatoms. The molecule has 1 aromatic heterocycles. The van der Waals surface area contributed by atoms with E-state index in [2.05, 4.69) is 41.1 Å². The predicted octanol–water partition coefficient (Wildman–Crippen LogP) is 3.68. The summed E-state index contributed by atoms with van der Waals surface area (Å²) in [5.41, 5.74) is 3.15. The molecule has 1 aromatic carbocycles. The number of benzene rings is 1. The van der Waals surface area contributed by atoms with Gasteiger partial charge in [-0.3, -0.25) is 4.79 Å². The van der Waals surface area contributed by atoms with Gasteiger partial charge in [0, 0.05) is 24.5 Å². The van der Waals surface area contributed by atoms with E-state index in [-0.39, 0.29) is 5.78 Å². The number of fused-ring (bicyclic) bond motifs is 1. The zero-order chi connectivity index (χ0) is 13.4. The molecule has 2 aromatic rings. The Hall–Kier alpha value is -1.68. The molecule has 0 aliphatic carbocycles. The largest absolute Gasteiger partial charge is 0.317 e. The second-order valence-electron chi connectivity index (χ2n) is 5.12. The minimum Gasteiger partial charge on any atom is -0.317 e. The van der Waals surface area contributed by atoms with Crippen LogP contribution < -0.4 is 4.90 Å². The number of aromatic nitrogens is 1. The summed E-state index contributed by atoms with van der Waals surface area (Å²) in [5.74, 6) is 0.625. The molecule has 0 amide bonds. The lowest BCUT2D eigenvalue weighted by Crippen LogP contribution is -2.30. The number of carbonyl (C=O) groups is 1. The predicted molar refractivity (Wildman–Crippen MR) is 78.4 cm³/mol. The van der Waals surface area contributed by atoms with Crippen LogP contribution in [0, 0.1) is 5.92 Å². The number of nitrogens with zero attached hydrogens (tertiary/aromatic N) is 2. The Balaban J connectivity index is 2.02. The number of para-hydroxylation sites is 1. The molecule has 0 saturated heterocycles. The summed E-state index contributed by atoms with van der Waals surface area (Å²) in [6, 6.07) is 8.45. The highest BCUT2D eigenvalue weighted by molar-refractivity contribution is 7.14. The second-order valence-corrected chi connectivity index (χ2v) is 5.96. The first kappa shape index (κ1) is 12.4. The zero-order valence-electron chi connectivity index (χ0n) is 11.1. The van der Waals surface area contributed by atoms with Crippen molar-refractivity contribution in [3.8, 4) is 0 Å². The van der Waals surface area contributed by atoms with Gasteiger partial charge in [-0.2, -0.15) is 0 Å². The summed E-state index contributed by atoms with van der Waals surface area (Å²) >= 11 is 1.54. The molecule has 0 bridgehead atoms. The summed E-state index contributed by atoms with van der Waals surface area (Å²) < 4.78 is 0. The van der Waals surface area contributed by atoms with Crippen molar-refractivity contribution in [2.75, 3.05) is 11.4 Å². The van der Waals surface area contributed by atoms with Gasteiger partial charge in [-0.05, 0) is 24.0 Å². The van der Waals surface area contributed by atoms with Crippen LogP contribution in [0.5, 0.6) is 0 Å². The molecule has 2 heterocycles. The molecule has 3 nitrogen and oxygen atoms in total. The molecule has 1 unspecified atom stereocenters. The molecule has 98 valence electrons. The molecule has 19 heavy (non-hydrogen) atoms. The Morgan fingerprint density at radius 3 is 2.95 bits per heavy atom. The van der Waals surface area contributed by atoms with E-state index in [1.807, 2.05) is 5.38 Å². The number of carbonyl (C=O) groups excluding carboxylic acids is 1. The van der Waals surface area contributed by atoms with Crippen molar-refractivity contribution >= 4 is 27.9 Å². The van der Waals surface area contributed by atoms with Crippen molar-refractivity contribution in [3.63, 3.8) is 0 Å². The zero-order valence-corrected chi connectivity index (χ0v) is 11.9. The van der Waals surface area contributed by atoms with Crippen LogP contribution in [0.3, 0.4) is 0 Å². The third-order valence-corrected chi connectivity index (χ3v) is 4.29. The fraction of sp³-hybridized carbons (Fsp3) is 0.333. The van der Waals surface area contributed by atoms with Crippen molar-refractivity contribution in [1.82, 2.24) is 4.98 Å². The molecular formula is C15H16N2OS. The van der Waals surface area contributed by atoms with E-state index >= 15 is 0 Å². The van der Waals surface area contributed by atoms with E-state index in [0.717, 1.165) is 18.1 Å². The fourth-order valence-corrected chi connectivity index (χ4v) is 3.41. The fourth-order valence-electron chi connectivity index (χ4n) is 2.53. The quantitative estimate of drug-likeness (QED) is 0.782. The van der Waals surface area contributed by atoms with E-state index in [9.17, 15) is 4.79 Å². The molecule has 0 radical (unpaired) electrons. The summed E-state index contributed by atoms with van der Waals surface area (Å²) in [4.78, 5) is 18.1. The summed E-state index contributed by atoms with van der Waals surface area (Å²) in [6.07, 6.45) is 1.11. The second kappa shape index (κ2) is 4.78. The standard InChI is InChI=1S/C15H16N2OS/c1-10-7-12-5-3-4-6-14(12)17(8-10)15-16-13(9-19-15)11(2)18/h3-6,9-10H,7-8H2,1-2H3. The van der Waals surface area contributed by atoms with E-state index in [1.165, 1.54) is 11.3 Å². The van der Waals surface area contributed by atoms with Gasteiger partial charge < -0.3 is 4.90 Å². The number of ketones is 1. The highest BCUT2D eigenvalue weighted by atomic mass is 32.1. The van der Waals surface area contributed by atoms with Crippen molar-refractivity contribution in [2.24, 2.45) is 5.92 Å². The minimum atomic E-state index is 0.0286. The van der Waals surface area contributed by atoms with E-state index in [1.54, 1.807) is 18.3 Å². The van der Waals surface area contributed by atoms with Crippen molar-refractivity contribution in [3.05, 3.63) is 40.9 Å². The van der Waals surface area contributed by atoms with Gasteiger partial charge in [-0.15, -0.1) is 11.3 Å². The average molecular weight is 272 g/mol. The first-order valence-corrected chi connectivity index (χ1v) is 7.35. The molecule has 1 aliphatic rings. The van der Waals surface area contributed by atoms with Gasteiger partial charge in [0.25, 0.3) is 0 Å². The molecule has 0 spiro atoms. The Morgan fingerprint density at radius 2 is 2.21 bits per heavy atom. The van der Waals surface area contributed by atoms with Crippen LogP contribution in [0.25, 0.3) is 0 Å². The van der Waals surface area contributed by atoms with E-state index < -0.39 is 0 Å². The van der Waals surface area contributed by atoms with Crippen molar-refractivity contribution < 1.29 is 4.79 Å². The van der Waals surface area contributed by atoms with Gasteiger partial charge in [0.1, 0.15) is 5.69 Å². The summed E-state index contributed by atoms with van der Waals surface area (Å²) in [5, 5.41) is 2.77. The van der Waals surface area contributed by atoms with Crippen LogP contribution in [-0.2, 0) is 6.42 Å². The van der Waals surface area contributed by atoms with Crippen LogP contribution >= 0.6 is 11.3 Å². The molecule has 1 atom stereocenters. The Morgan fingerprint density at radius 1 is 1.42 bits per heavy atom. The highest BCUT2D eigenvalue weighted by Gasteiger charge is 2.24. The molecule has 0 saturated carbocycles. The lowest BCUT2D eigenvalue weighted by Gasteiger charge is -2.32. The first-order valence-electron chi connectivity index (χ1n) is 6.47. The number of Topliss-reactive ketones (excluding diaryl/α,β-unsaturated/α-hetero) is 1. The van der Waals surface area contributed by atoms with Gasteiger partial charge in [-0.1, -0.05) is 25.1 Å². The molecule has 0 N–H and O–H groups in total. The van der Waals surface area contributed by atoms with Crippen LogP contribution in [0.1, 0.15) is 29.9 Å². The van der Waals surface area contributed by atoms with Crippen LogP contribution in [0.15, 0.2) is 29.6 Å². The van der Waals surface area contributed by atoms with Crippen LogP contribution in [0.4, 0.5) is 10.8 Å². The van der Waals surface area contributed by atoms with E-state index in [4.69, 9.17) is 0 Å². The average Bonchev–Trinajstić information content (AvgIpc) is 2.87. The van der Waals surface area contributed by atoms with Crippen LogP contribution in [0.2, 0.25) is 0 Å². The third-order valence-electron chi connectivity index (χ3n) is 3.43. The highest BCUT2D eigenvalue weighted by Crippen LogP contribution is 2.36. The van der Waals surface area contributed by atoms with Gasteiger partial charge in [0.2, 0.25) is 0 Å². The van der Waals surface area contributed by atoms with Gasteiger partial charge in [0.05, 0.1) is 0 Å². The lowest BCUT2D eigenvalue weighted by atomic mass is 9.94. The number of thiazole rings is 1. The summed E-state index contributed by atoms with van der Waals surface area (Å²) in [6.45, 7) is 4.77. The first-order chi connectivity index (χ1) is 9.15. The molecule has 3 rings (SSSR count). The van der Waals surface area contributed by atoms with Crippen LogP contribution in [-0.4, -0.2) is 17.3 Å². The molecule has 1 aliphatic heterocycles. The summed E-state index contributed by atoms with van der Waals surface area (Å²) in [7, 11) is 0. The monoisotopic (exact) mass is 272 g/mol. The maximum absolute atomic E-state index is 11.4. The van der Waals surface area contributed by atoms with Crippen molar-refractivity contribution in [2.45, 2.75) is 20.3 Å². The number of hydrogen-bond donors (Lipinski definition) is 0. The number of hydrogen-bond acceptors (Lipinski definition) is 4. The third kappa shape index (κ3) is 2.28. The van der Waals surface area contributed by atoms with Gasteiger partial charge in [0.15, 0.2) is 10.9 Å². The van der Waals surface area contributed by atoms with Gasteiger partial charge in [-0.25, -0.2) is 4.98 Å². The van der Waals surface area contributed by atoms with Crippen molar-refractivity contribution in [1.29, 1.82) is 0 Å².